The van der Waals surface area contributed by atoms with Gasteiger partial charge in [-0.05, 0) is 43.7 Å². The van der Waals surface area contributed by atoms with Crippen molar-refractivity contribution in [1.82, 2.24) is 0 Å². The van der Waals surface area contributed by atoms with E-state index in [1.807, 2.05) is 24.3 Å². The second kappa shape index (κ2) is 6.50. The highest BCUT2D eigenvalue weighted by Crippen LogP contribution is 2.50. The van der Waals surface area contributed by atoms with Crippen LogP contribution in [0.15, 0.2) is 47.6 Å². The van der Waals surface area contributed by atoms with Gasteiger partial charge >= 0.3 is 0 Å². The molecule has 1 fully saturated rings. The lowest BCUT2D eigenvalue weighted by Gasteiger charge is -2.43. The van der Waals surface area contributed by atoms with E-state index in [-0.39, 0.29) is 5.41 Å². The van der Waals surface area contributed by atoms with E-state index in [1.54, 1.807) is 0 Å². The van der Waals surface area contributed by atoms with E-state index >= 15 is 0 Å². The maximum atomic E-state index is 9.53. The summed E-state index contributed by atoms with van der Waals surface area (Å²) in [6.07, 6.45) is 6.15. The van der Waals surface area contributed by atoms with Crippen LogP contribution >= 0.6 is 12.2 Å². The van der Waals surface area contributed by atoms with E-state index in [0.29, 0.717) is 12.5 Å². The topological polar surface area (TPSA) is 59.7 Å². The Balaban J connectivity index is 1.79. The lowest BCUT2D eigenvalue weighted by atomic mass is 9.61. The fourth-order valence-electron chi connectivity index (χ4n) is 3.78. The molecule has 2 N–H and O–H groups in total. The van der Waals surface area contributed by atoms with Gasteiger partial charge in [-0.1, -0.05) is 36.5 Å². The molecule has 0 atom stereocenters. The van der Waals surface area contributed by atoms with Crippen LogP contribution in [-0.4, -0.2) is 16.8 Å². The van der Waals surface area contributed by atoms with Gasteiger partial charge in [-0.3, -0.25) is 5.41 Å². The lowest BCUT2D eigenvalue weighted by Crippen LogP contribution is -2.39. The van der Waals surface area contributed by atoms with Crippen molar-refractivity contribution in [3.8, 4) is 6.07 Å². The molecule has 0 aliphatic heterocycles. The normalized spacial score (nSPS) is 27.1. The zero-order valence-electron chi connectivity index (χ0n) is 12.9. The summed E-state index contributed by atoms with van der Waals surface area (Å²) in [6.45, 7) is 0. The Hall–Kier alpha value is -2.21. The van der Waals surface area contributed by atoms with Gasteiger partial charge in [0.15, 0.2) is 0 Å². The van der Waals surface area contributed by atoms with Gasteiger partial charge < -0.3 is 5.32 Å². The van der Waals surface area contributed by atoms with Crippen LogP contribution in [0.3, 0.4) is 0 Å². The first-order valence-electron chi connectivity index (χ1n) is 7.95. The summed E-state index contributed by atoms with van der Waals surface area (Å²) in [5.41, 5.74) is 2.30. The van der Waals surface area contributed by atoms with Crippen molar-refractivity contribution >= 4 is 28.6 Å². The maximum absolute atomic E-state index is 9.53. The number of thiocarbonyl (C=S) groups is 1. The summed E-state index contributed by atoms with van der Waals surface area (Å²) in [5, 5.41) is 20.8. The van der Waals surface area contributed by atoms with Crippen LogP contribution in [0.2, 0.25) is 0 Å². The van der Waals surface area contributed by atoms with Crippen molar-refractivity contribution in [3.05, 3.63) is 47.6 Å². The molecule has 0 aromatic heterocycles. The summed E-state index contributed by atoms with van der Waals surface area (Å²) in [7, 11) is 0. The highest BCUT2D eigenvalue weighted by molar-refractivity contribution is 7.80. The molecule has 3 rings (SSSR count). The van der Waals surface area contributed by atoms with Gasteiger partial charge in [0.05, 0.1) is 6.07 Å². The fraction of sp³-hybridized carbons (Fsp3) is 0.368. The SMILES string of the molecule is N#CC1=CCC(=S)C(=C=N)C12CCC(Nc1ccccc1)CC2. The van der Waals surface area contributed by atoms with E-state index < -0.39 is 0 Å². The number of nitrogens with one attached hydrogen (secondary N) is 2. The van der Waals surface area contributed by atoms with Crippen LogP contribution in [0.4, 0.5) is 5.69 Å². The Morgan fingerprint density at radius 1 is 1.22 bits per heavy atom. The largest absolute Gasteiger partial charge is 0.382 e. The highest BCUT2D eigenvalue weighted by atomic mass is 32.1. The quantitative estimate of drug-likeness (QED) is 0.481. The molecule has 0 heterocycles. The Kier molecular flexibility index (Phi) is 4.43. The molecule has 0 saturated heterocycles. The molecule has 0 unspecified atom stereocenters. The molecule has 1 spiro atoms. The van der Waals surface area contributed by atoms with E-state index in [9.17, 15) is 5.26 Å². The van der Waals surface area contributed by atoms with Gasteiger partial charge in [0, 0.05) is 39.6 Å². The van der Waals surface area contributed by atoms with E-state index in [4.69, 9.17) is 17.6 Å². The van der Waals surface area contributed by atoms with Crippen molar-refractivity contribution in [3.63, 3.8) is 0 Å². The average molecular weight is 321 g/mol. The van der Waals surface area contributed by atoms with E-state index in [2.05, 4.69) is 29.4 Å². The summed E-state index contributed by atoms with van der Waals surface area (Å²) in [4.78, 5) is 0.772. The molecule has 3 nitrogen and oxygen atoms in total. The number of benzene rings is 1. The lowest BCUT2D eigenvalue weighted by molar-refractivity contribution is 0.289. The number of para-hydroxylation sites is 1. The van der Waals surface area contributed by atoms with E-state index in [0.717, 1.165) is 47.4 Å². The average Bonchev–Trinajstić information content (AvgIpc) is 2.58. The first-order valence-corrected chi connectivity index (χ1v) is 8.36. The third-order valence-corrected chi connectivity index (χ3v) is 5.36. The molecular formula is C19H19N3S. The maximum Gasteiger partial charge on any atom is 0.0953 e. The number of hydrogen-bond acceptors (Lipinski definition) is 4. The van der Waals surface area contributed by atoms with Crippen LogP contribution in [0.5, 0.6) is 0 Å². The summed E-state index contributed by atoms with van der Waals surface area (Å²) < 4.78 is 0. The second-order valence-corrected chi connectivity index (χ2v) is 6.72. The second-order valence-electron chi connectivity index (χ2n) is 6.22. The van der Waals surface area contributed by atoms with Crippen LogP contribution in [0.1, 0.15) is 32.1 Å². The van der Waals surface area contributed by atoms with Crippen molar-refractivity contribution in [1.29, 1.82) is 10.7 Å². The molecule has 116 valence electrons. The van der Waals surface area contributed by atoms with Crippen molar-refractivity contribution < 1.29 is 0 Å². The smallest absolute Gasteiger partial charge is 0.0953 e. The molecule has 2 aliphatic rings. The number of rotatable bonds is 2. The van der Waals surface area contributed by atoms with Gasteiger partial charge in [-0.15, -0.1) is 0 Å². The summed E-state index contributed by atoms with van der Waals surface area (Å²) >= 11 is 5.43. The Bertz CT molecular complexity index is 728. The minimum atomic E-state index is -0.374. The third kappa shape index (κ3) is 2.86. The van der Waals surface area contributed by atoms with Crippen LogP contribution in [0.25, 0.3) is 0 Å². The van der Waals surface area contributed by atoms with Crippen LogP contribution < -0.4 is 5.32 Å². The van der Waals surface area contributed by atoms with Crippen molar-refractivity contribution in [2.45, 2.75) is 38.1 Å². The van der Waals surface area contributed by atoms with Crippen LogP contribution in [0, 0.1) is 22.2 Å². The van der Waals surface area contributed by atoms with Crippen molar-refractivity contribution in [2.75, 3.05) is 5.32 Å². The molecule has 1 aromatic rings. The number of nitrogens with zero attached hydrogens (tertiary/aromatic N) is 1. The van der Waals surface area contributed by atoms with Gasteiger partial charge in [0.2, 0.25) is 0 Å². The van der Waals surface area contributed by atoms with Crippen molar-refractivity contribution in [2.24, 2.45) is 5.41 Å². The Morgan fingerprint density at radius 2 is 1.91 bits per heavy atom. The minimum absolute atomic E-state index is 0.374. The summed E-state index contributed by atoms with van der Waals surface area (Å²) in [6, 6.07) is 13.0. The molecule has 4 heteroatoms. The summed E-state index contributed by atoms with van der Waals surface area (Å²) in [5.74, 6) is 2.56. The standard InChI is InChI=1S/C19H19N3S/c20-12-14-6-7-18(23)17(13-21)19(14)10-8-16(9-11-19)22-15-4-2-1-3-5-15/h1-6,16,21-22H,7-11H2. The third-order valence-electron chi connectivity index (χ3n) is 4.99. The molecule has 0 bridgehead atoms. The highest BCUT2D eigenvalue weighted by Gasteiger charge is 2.45. The predicted octanol–water partition coefficient (Wildman–Crippen LogP) is 4.43. The Labute approximate surface area is 142 Å². The molecule has 0 amide bonds. The van der Waals surface area contributed by atoms with Crippen LogP contribution in [-0.2, 0) is 0 Å². The number of hydrogen-bond donors (Lipinski definition) is 2. The Morgan fingerprint density at radius 3 is 2.52 bits per heavy atom. The number of allylic oxidation sites excluding steroid dienone is 3. The zero-order valence-corrected chi connectivity index (χ0v) is 13.7. The molecule has 23 heavy (non-hydrogen) atoms. The molecule has 2 aliphatic carbocycles. The van der Waals surface area contributed by atoms with E-state index in [1.165, 1.54) is 0 Å². The number of anilines is 1. The molecule has 1 aromatic carbocycles. The molecule has 0 radical (unpaired) electrons. The first-order chi connectivity index (χ1) is 11.2. The minimum Gasteiger partial charge on any atom is -0.382 e. The zero-order chi connectivity index (χ0) is 16.3. The molecular weight excluding hydrogens is 302 g/mol. The first kappa shape index (κ1) is 15.7. The van der Waals surface area contributed by atoms with Gasteiger partial charge in [0.1, 0.15) is 0 Å². The monoisotopic (exact) mass is 321 g/mol. The molecule has 1 saturated carbocycles. The predicted molar refractivity (Wildman–Crippen MR) is 96.9 cm³/mol. The number of nitriles is 1. The fourth-order valence-corrected chi connectivity index (χ4v) is 4.11. The van der Waals surface area contributed by atoms with Gasteiger partial charge in [0.25, 0.3) is 0 Å². The van der Waals surface area contributed by atoms with Gasteiger partial charge in [-0.25, -0.2) is 0 Å². The van der Waals surface area contributed by atoms with Gasteiger partial charge in [-0.2, -0.15) is 5.26 Å².